The van der Waals surface area contributed by atoms with Crippen molar-refractivity contribution in [2.75, 3.05) is 5.01 Å². The highest BCUT2D eigenvalue weighted by molar-refractivity contribution is 9.08. The van der Waals surface area contributed by atoms with E-state index >= 15 is 0 Å². The molecule has 0 heterocycles. The molecule has 2 amide bonds. The number of benzene rings is 1. The molecule has 0 spiro atoms. The lowest BCUT2D eigenvalue weighted by molar-refractivity contribution is 0.150. The van der Waals surface area contributed by atoms with Crippen molar-refractivity contribution >= 4 is 27.6 Å². The van der Waals surface area contributed by atoms with Crippen molar-refractivity contribution in [1.29, 1.82) is 0 Å². The Hall–Kier alpha value is -1.25. The standard InChI is InChI=1S/C9H11BrF2N4O/c10-4-6-5(8(11)12)2-1-3-7(6)16(14)9(17)15-13/h1-3,8H,4,13-14H2,(H,15,17). The molecule has 0 fully saturated rings. The van der Waals surface area contributed by atoms with Gasteiger partial charge in [-0.2, -0.15) is 0 Å². The molecule has 0 aliphatic carbocycles. The number of anilines is 1. The van der Waals surface area contributed by atoms with Crippen molar-refractivity contribution < 1.29 is 13.6 Å². The zero-order chi connectivity index (χ0) is 13.0. The first-order valence-electron chi connectivity index (χ1n) is 4.54. The van der Waals surface area contributed by atoms with Gasteiger partial charge in [0.2, 0.25) is 0 Å². The zero-order valence-corrected chi connectivity index (χ0v) is 10.2. The van der Waals surface area contributed by atoms with E-state index in [4.69, 9.17) is 11.7 Å². The topological polar surface area (TPSA) is 84.4 Å². The number of nitrogens with one attached hydrogen (secondary N) is 1. The number of carbonyl (C=O) groups excluding carboxylic acids is 1. The first-order chi connectivity index (χ1) is 8.02. The van der Waals surface area contributed by atoms with Gasteiger partial charge >= 0.3 is 6.03 Å². The fourth-order valence-corrected chi connectivity index (χ4v) is 1.96. The Morgan fingerprint density at radius 3 is 2.65 bits per heavy atom. The van der Waals surface area contributed by atoms with Crippen LogP contribution >= 0.6 is 15.9 Å². The third kappa shape index (κ3) is 2.90. The fourth-order valence-electron chi connectivity index (χ4n) is 1.35. The quantitative estimate of drug-likeness (QED) is 0.344. The van der Waals surface area contributed by atoms with Crippen molar-refractivity contribution in [3.05, 3.63) is 29.3 Å². The minimum atomic E-state index is -2.64. The molecule has 17 heavy (non-hydrogen) atoms. The molecule has 1 rings (SSSR count). The number of nitrogens with zero attached hydrogens (tertiary/aromatic N) is 1. The van der Waals surface area contributed by atoms with E-state index in [0.29, 0.717) is 5.01 Å². The summed E-state index contributed by atoms with van der Waals surface area (Å²) >= 11 is 3.09. The molecular weight excluding hydrogens is 298 g/mol. The Balaban J connectivity index is 3.24. The van der Waals surface area contributed by atoms with Crippen molar-refractivity contribution in [1.82, 2.24) is 5.43 Å². The summed E-state index contributed by atoms with van der Waals surface area (Å²) in [4.78, 5) is 11.2. The van der Waals surface area contributed by atoms with Gasteiger partial charge in [0, 0.05) is 10.9 Å². The van der Waals surface area contributed by atoms with Crippen LogP contribution in [0.15, 0.2) is 18.2 Å². The van der Waals surface area contributed by atoms with Crippen molar-refractivity contribution in [2.24, 2.45) is 11.7 Å². The van der Waals surface area contributed by atoms with E-state index in [2.05, 4.69) is 15.9 Å². The molecule has 5 nitrogen and oxygen atoms in total. The van der Waals surface area contributed by atoms with E-state index < -0.39 is 12.5 Å². The molecule has 94 valence electrons. The van der Waals surface area contributed by atoms with Crippen LogP contribution in [-0.4, -0.2) is 6.03 Å². The minimum absolute atomic E-state index is 0.147. The van der Waals surface area contributed by atoms with Crippen LogP contribution in [0, 0.1) is 0 Å². The number of hydrogen-bond acceptors (Lipinski definition) is 3. The third-order valence-electron chi connectivity index (χ3n) is 2.16. The fraction of sp³-hybridized carbons (Fsp3) is 0.222. The van der Waals surface area contributed by atoms with Crippen LogP contribution in [-0.2, 0) is 5.33 Å². The maximum atomic E-state index is 12.7. The average Bonchev–Trinajstić information content (AvgIpc) is 2.35. The van der Waals surface area contributed by atoms with Crippen molar-refractivity contribution in [3.63, 3.8) is 0 Å². The average molecular weight is 309 g/mol. The number of alkyl halides is 3. The predicted molar refractivity (Wildman–Crippen MR) is 63.4 cm³/mol. The number of halogens is 3. The van der Waals surface area contributed by atoms with Gasteiger partial charge in [0.05, 0.1) is 5.69 Å². The van der Waals surface area contributed by atoms with Crippen LogP contribution in [0.5, 0.6) is 0 Å². The van der Waals surface area contributed by atoms with Crippen molar-refractivity contribution in [2.45, 2.75) is 11.8 Å². The number of rotatable bonds is 3. The van der Waals surface area contributed by atoms with E-state index in [1.165, 1.54) is 18.2 Å². The molecule has 0 aromatic heterocycles. The summed E-state index contributed by atoms with van der Waals surface area (Å²) in [5.74, 6) is 10.4. The Bertz CT molecular complexity index is 416. The molecular formula is C9H11BrF2N4O. The summed E-state index contributed by atoms with van der Waals surface area (Å²) in [7, 11) is 0. The molecule has 1 aromatic rings. The number of hydrazine groups is 2. The second-order valence-corrected chi connectivity index (χ2v) is 3.66. The first-order valence-corrected chi connectivity index (χ1v) is 5.66. The largest absolute Gasteiger partial charge is 0.350 e. The van der Waals surface area contributed by atoms with Crippen LogP contribution in [0.25, 0.3) is 0 Å². The second-order valence-electron chi connectivity index (χ2n) is 3.10. The molecule has 1 aromatic carbocycles. The van der Waals surface area contributed by atoms with E-state index in [9.17, 15) is 13.6 Å². The van der Waals surface area contributed by atoms with Gasteiger partial charge in [0.15, 0.2) is 0 Å². The first kappa shape index (κ1) is 13.8. The molecule has 0 saturated heterocycles. The van der Waals surface area contributed by atoms with Gasteiger partial charge in [-0.25, -0.2) is 30.3 Å². The third-order valence-corrected chi connectivity index (χ3v) is 2.72. The van der Waals surface area contributed by atoms with E-state index in [0.717, 1.165) is 0 Å². The smallest absolute Gasteiger partial charge is 0.274 e. The maximum Gasteiger partial charge on any atom is 0.350 e. The highest BCUT2D eigenvalue weighted by atomic mass is 79.9. The molecule has 8 heteroatoms. The molecule has 0 radical (unpaired) electrons. The monoisotopic (exact) mass is 308 g/mol. The highest BCUT2D eigenvalue weighted by Gasteiger charge is 2.20. The Morgan fingerprint density at radius 1 is 1.53 bits per heavy atom. The predicted octanol–water partition coefficient (Wildman–Crippen LogP) is 1.78. The lowest BCUT2D eigenvalue weighted by atomic mass is 10.1. The SMILES string of the molecule is NNC(=O)N(N)c1cccc(C(F)F)c1CBr. The van der Waals surface area contributed by atoms with Gasteiger partial charge in [-0.05, 0) is 11.6 Å². The number of carbonyl (C=O) groups is 1. The Labute approximate surface area is 105 Å². The molecule has 5 N–H and O–H groups in total. The van der Waals surface area contributed by atoms with E-state index in [-0.39, 0.29) is 22.1 Å². The number of nitrogens with two attached hydrogens (primary N) is 2. The van der Waals surface area contributed by atoms with Gasteiger partial charge in [-0.1, -0.05) is 28.1 Å². The molecule has 0 aliphatic heterocycles. The van der Waals surface area contributed by atoms with Crippen LogP contribution in [0.4, 0.5) is 19.3 Å². The Kier molecular flexibility index (Phi) is 4.79. The lowest BCUT2D eigenvalue weighted by Gasteiger charge is -2.20. The Morgan fingerprint density at radius 2 is 2.18 bits per heavy atom. The summed E-state index contributed by atoms with van der Waals surface area (Å²) in [6.07, 6.45) is -2.64. The molecule has 0 unspecified atom stereocenters. The van der Waals surface area contributed by atoms with Crippen LogP contribution in [0.3, 0.4) is 0 Å². The highest BCUT2D eigenvalue weighted by Crippen LogP contribution is 2.31. The summed E-state index contributed by atoms with van der Waals surface area (Å²) in [6.45, 7) is 0. The molecule has 0 atom stereocenters. The molecule has 0 bridgehead atoms. The van der Waals surface area contributed by atoms with E-state index in [1.54, 1.807) is 0 Å². The van der Waals surface area contributed by atoms with Gasteiger partial charge in [-0.3, -0.25) is 5.43 Å². The van der Waals surface area contributed by atoms with E-state index in [1.807, 2.05) is 5.43 Å². The van der Waals surface area contributed by atoms with Gasteiger partial charge in [0.25, 0.3) is 6.43 Å². The summed E-state index contributed by atoms with van der Waals surface area (Å²) in [6, 6.07) is 3.34. The van der Waals surface area contributed by atoms with Crippen LogP contribution in [0.1, 0.15) is 17.6 Å². The summed E-state index contributed by atoms with van der Waals surface area (Å²) < 4.78 is 25.5. The lowest BCUT2D eigenvalue weighted by Crippen LogP contribution is -2.48. The number of hydrogen-bond donors (Lipinski definition) is 3. The minimum Gasteiger partial charge on any atom is -0.274 e. The molecule has 0 aliphatic rings. The summed E-state index contributed by atoms with van der Waals surface area (Å²) in [5.41, 5.74) is 2.05. The van der Waals surface area contributed by atoms with Gasteiger partial charge < -0.3 is 0 Å². The molecule has 0 saturated carbocycles. The number of urea groups is 1. The van der Waals surface area contributed by atoms with Crippen LogP contribution in [0.2, 0.25) is 0 Å². The maximum absolute atomic E-state index is 12.7. The van der Waals surface area contributed by atoms with Gasteiger partial charge in [-0.15, -0.1) is 0 Å². The van der Waals surface area contributed by atoms with Gasteiger partial charge in [0.1, 0.15) is 0 Å². The zero-order valence-electron chi connectivity index (χ0n) is 8.66. The normalized spacial score (nSPS) is 10.5. The second kappa shape index (κ2) is 5.89. The summed E-state index contributed by atoms with van der Waals surface area (Å²) in [5, 5.41) is 0.830. The number of amides is 2. The van der Waals surface area contributed by atoms with Crippen molar-refractivity contribution in [3.8, 4) is 0 Å². The van der Waals surface area contributed by atoms with Crippen LogP contribution < -0.4 is 22.1 Å².